The predicted octanol–water partition coefficient (Wildman–Crippen LogP) is 2.43. The van der Waals surface area contributed by atoms with Gasteiger partial charge in [0.2, 0.25) is 0 Å². The zero-order valence-corrected chi connectivity index (χ0v) is 12.0. The number of carbonyl (C=O) groups is 1. The first-order valence-electron chi connectivity index (χ1n) is 7.09. The third-order valence-corrected chi connectivity index (χ3v) is 3.64. The molecule has 0 radical (unpaired) electrons. The molecule has 4 atom stereocenters. The van der Waals surface area contributed by atoms with Crippen molar-refractivity contribution in [3.63, 3.8) is 0 Å². The van der Waals surface area contributed by atoms with Gasteiger partial charge in [-0.3, -0.25) is 0 Å². The van der Waals surface area contributed by atoms with Crippen molar-refractivity contribution in [2.24, 2.45) is 5.92 Å². The van der Waals surface area contributed by atoms with Crippen molar-refractivity contribution in [2.45, 2.75) is 77.1 Å². The van der Waals surface area contributed by atoms with E-state index in [1.54, 1.807) is 0 Å². The molecule has 2 aliphatic rings. The lowest BCUT2D eigenvalue weighted by atomic mass is 10.1. The van der Waals surface area contributed by atoms with Crippen LogP contribution in [0.4, 0.5) is 4.79 Å². The van der Waals surface area contributed by atoms with E-state index >= 15 is 0 Å². The van der Waals surface area contributed by atoms with Gasteiger partial charge in [-0.25, -0.2) is 4.79 Å². The van der Waals surface area contributed by atoms with Gasteiger partial charge in [0, 0.05) is 18.1 Å². The molecule has 2 fully saturated rings. The lowest BCUT2D eigenvalue weighted by Gasteiger charge is -2.20. The zero-order chi connectivity index (χ0) is 13.3. The number of nitrogens with one attached hydrogen (secondary N) is 2. The fourth-order valence-electron chi connectivity index (χ4n) is 2.66. The molecule has 4 nitrogen and oxygen atoms in total. The Bertz CT molecular complexity index is 311. The predicted molar refractivity (Wildman–Crippen MR) is 71.5 cm³/mol. The van der Waals surface area contributed by atoms with Crippen LogP contribution in [0.15, 0.2) is 0 Å². The van der Waals surface area contributed by atoms with Crippen LogP contribution >= 0.6 is 0 Å². The highest BCUT2D eigenvalue weighted by Crippen LogP contribution is 2.29. The van der Waals surface area contributed by atoms with E-state index in [0.29, 0.717) is 12.1 Å². The van der Waals surface area contributed by atoms with E-state index in [0.717, 1.165) is 12.3 Å². The Hall–Kier alpha value is -0.770. The average molecular weight is 254 g/mol. The number of hydrogen-bond donors (Lipinski definition) is 2. The summed E-state index contributed by atoms with van der Waals surface area (Å²) < 4.78 is 5.25. The minimum Gasteiger partial charge on any atom is -0.444 e. The second kappa shape index (κ2) is 5.08. The van der Waals surface area contributed by atoms with Crippen LogP contribution in [0.2, 0.25) is 0 Å². The van der Waals surface area contributed by atoms with E-state index in [1.165, 1.54) is 19.3 Å². The summed E-state index contributed by atoms with van der Waals surface area (Å²) in [6.45, 7) is 7.96. The van der Waals surface area contributed by atoms with Gasteiger partial charge in [-0.05, 0) is 52.4 Å². The van der Waals surface area contributed by atoms with Gasteiger partial charge in [-0.15, -0.1) is 0 Å². The second-order valence-electron chi connectivity index (χ2n) is 6.88. The second-order valence-corrected chi connectivity index (χ2v) is 6.88. The van der Waals surface area contributed by atoms with Crippen LogP contribution in [0, 0.1) is 5.92 Å². The van der Waals surface area contributed by atoms with Crippen molar-refractivity contribution in [1.82, 2.24) is 10.6 Å². The third kappa shape index (κ3) is 4.16. The van der Waals surface area contributed by atoms with Crippen LogP contribution in [0.3, 0.4) is 0 Å². The van der Waals surface area contributed by atoms with Crippen molar-refractivity contribution in [3.05, 3.63) is 0 Å². The molecule has 1 amide bonds. The molecule has 4 unspecified atom stereocenters. The summed E-state index contributed by atoms with van der Waals surface area (Å²) in [6, 6.07) is 1.36. The monoisotopic (exact) mass is 254 g/mol. The summed E-state index contributed by atoms with van der Waals surface area (Å²) in [7, 11) is 0. The maximum Gasteiger partial charge on any atom is 0.407 e. The minimum absolute atomic E-state index is 0.260. The summed E-state index contributed by atoms with van der Waals surface area (Å²) in [6.07, 6.45) is 4.61. The smallest absolute Gasteiger partial charge is 0.407 e. The Kier molecular flexibility index (Phi) is 3.85. The maximum absolute atomic E-state index is 11.6. The Balaban J connectivity index is 1.64. The molecule has 0 bridgehead atoms. The van der Waals surface area contributed by atoms with Crippen LogP contribution in [0.5, 0.6) is 0 Å². The van der Waals surface area contributed by atoms with Crippen molar-refractivity contribution >= 4 is 6.09 Å². The molecule has 0 aliphatic heterocycles. The first kappa shape index (κ1) is 13.7. The summed E-state index contributed by atoms with van der Waals surface area (Å²) in [5.41, 5.74) is -0.414. The van der Waals surface area contributed by atoms with E-state index in [2.05, 4.69) is 17.6 Å². The molecule has 2 aliphatic carbocycles. The molecule has 4 heteroatoms. The van der Waals surface area contributed by atoms with Gasteiger partial charge >= 0.3 is 6.09 Å². The molecule has 0 aromatic rings. The molecule has 0 aromatic heterocycles. The SMILES string of the molecule is CC1CCC(NC2CC2NC(=O)OC(C)(C)C)C1. The Labute approximate surface area is 110 Å². The highest BCUT2D eigenvalue weighted by atomic mass is 16.6. The number of alkyl carbamates (subject to hydrolysis) is 1. The molecular weight excluding hydrogens is 228 g/mol. The first-order chi connectivity index (χ1) is 8.33. The average Bonchev–Trinajstić information content (AvgIpc) is 2.74. The molecule has 18 heavy (non-hydrogen) atoms. The van der Waals surface area contributed by atoms with Crippen LogP contribution in [-0.2, 0) is 4.74 Å². The van der Waals surface area contributed by atoms with Gasteiger partial charge in [0.05, 0.1) is 0 Å². The van der Waals surface area contributed by atoms with E-state index in [9.17, 15) is 4.79 Å². The summed E-state index contributed by atoms with van der Waals surface area (Å²) in [5, 5.41) is 6.55. The Morgan fingerprint density at radius 3 is 2.44 bits per heavy atom. The number of ether oxygens (including phenoxy) is 1. The van der Waals surface area contributed by atoms with E-state index < -0.39 is 5.60 Å². The van der Waals surface area contributed by atoms with Crippen molar-refractivity contribution in [1.29, 1.82) is 0 Å². The van der Waals surface area contributed by atoms with Gasteiger partial charge in [-0.1, -0.05) is 6.92 Å². The van der Waals surface area contributed by atoms with Crippen molar-refractivity contribution < 1.29 is 9.53 Å². The van der Waals surface area contributed by atoms with Gasteiger partial charge in [0.1, 0.15) is 5.60 Å². The molecule has 2 saturated carbocycles. The fourth-order valence-corrected chi connectivity index (χ4v) is 2.66. The van der Waals surface area contributed by atoms with E-state index in [4.69, 9.17) is 4.74 Å². The number of amides is 1. The van der Waals surface area contributed by atoms with Crippen molar-refractivity contribution in [2.75, 3.05) is 0 Å². The normalized spacial score (nSPS) is 35.3. The summed E-state index contributed by atoms with van der Waals surface area (Å²) in [5.74, 6) is 0.846. The van der Waals surface area contributed by atoms with Crippen molar-refractivity contribution in [3.8, 4) is 0 Å². The Morgan fingerprint density at radius 2 is 1.89 bits per heavy atom. The third-order valence-electron chi connectivity index (χ3n) is 3.64. The van der Waals surface area contributed by atoms with Gasteiger partial charge in [0.25, 0.3) is 0 Å². The number of rotatable bonds is 3. The largest absolute Gasteiger partial charge is 0.444 e. The van der Waals surface area contributed by atoms with Crippen LogP contribution in [0.25, 0.3) is 0 Å². The number of carbonyl (C=O) groups excluding carboxylic acids is 1. The molecule has 2 rings (SSSR count). The molecule has 0 heterocycles. The standard InChI is InChI=1S/C14H26N2O2/c1-9-5-6-10(7-9)15-11-8-12(11)16-13(17)18-14(2,3)4/h9-12,15H,5-8H2,1-4H3,(H,16,17). The van der Waals surface area contributed by atoms with E-state index in [-0.39, 0.29) is 12.1 Å². The van der Waals surface area contributed by atoms with Crippen LogP contribution < -0.4 is 10.6 Å². The van der Waals surface area contributed by atoms with Gasteiger partial charge < -0.3 is 15.4 Å². The lowest BCUT2D eigenvalue weighted by Crippen LogP contribution is -2.38. The molecular formula is C14H26N2O2. The molecule has 2 N–H and O–H groups in total. The van der Waals surface area contributed by atoms with Gasteiger partial charge in [0.15, 0.2) is 0 Å². The quantitative estimate of drug-likeness (QED) is 0.813. The summed E-state index contributed by atoms with van der Waals surface area (Å²) in [4.78, 5) is 11.6. The molecule has 0 saturated heterocycles. The highest BCUT2D eigenvalue weighted by molar-refractivity contribution is 5.68. The van der Waals surface area contributed by atoms with E-state index in [1.807, 2.05) is 20.8 Å². The first-order valence-corrected chi connectivity index (χ1v) is 7.09. The lowest BCUT2D eigenvalue weighted by molar-refractivity contribution is 0.0522. The molecule has 0 spiro atoms. The molecule has 0 aromatic carbocycles. The molecule has 104 valence electrons. The van der Waals surface area contributed by atoms with Gasteiger partial charge in [-0.2, -0.15) is 0 Å². The fraction of sp³-hybridized carbons (Fsp3) is 0.929. The Morgan fingerprint density at radius 1 is 1.17 bits per heavy atom. The summed E-state index contributed by atoms with van der Waals surface area (Å²) >= 11 is 0. The minimum atomic E-state index is -0.414. The topological polar surface area (TPSA) is 50.4 Å². The highest BCUT2D eigenvalue weighted by Gasteiger charge is 2.41. The zero-order valence-electron chi connectivity index (χ0n) is 12.0. The van der Waals surface area contributed by atoms with Crippen LogP contribution in [0.1, 0.15) is 53.4 Å². The number of hydrogen-bond acceptors (Lipinski definition) is 3. The van der Waals surface area contributed by atoms with Crippen LogP contribution in [-0.4, -0.2) is 29.8 Å². The maximum atomic E-state index is 11.6.